The topological polar surface area (TPSA) is 136 Å². The SMILES string of the molecule is CC(=O)Nc1cc(Nc2ccc3c(n2)S(=O)(=O)CCCO3)c(-c2ccc(N3CC(C)OC(C)C3)cn2)cn1. The van der Waals surface area contributed by atoms with Crippen LogP contribution in [0.2, 0.25) is 0 Å². The number of fused-ring (bicyclic) bond motifs is 1. The van der Waals surface area contributed by atoms with Gasteiger partial charge < -0.3 is 25.0 Å². The quantitative estimate of drug-likeness (QED) is 0.497. The Hall–Kier alpha value is -3.77. The third-order valence-electron chi connectivity index (χ3n) is 6.21. The van der Waals surface area contributed by atoms with Gasteiger partial charge in [-0.2, -0.15) is 0 Å². The molecule has 2 atom stereocenters. The zero-order valence-corrected chi connectivity index (χ0v) is 22.3. The molecule has 2 N–H and O–H groups in total. The van der Waals surface area contributed by atoms with Crippen molar-refractivity contribution in [2.24, 2.45) is 0 Å². The summed E-state index contributed by atoms with van der Waals surface area (Å²) in [6, 6.07) is 8.82. The normalized spacial score (nSPS) is 20.6. The molecular formula is C26H30N6O5S. The number of hydrogen-bond donors (Lipinski definition) is 2. The summed E-state index contributed by atoms with van der Waals surface area (Å²) < 4.78 is 36.8. The van der Waals surface area contributed by atoms with Gasteiger partial charge in [-0.25, -0.2) is 18.4 Å². The van der Waals surface area contributed by atoms with Gasteiger partial charge in [0.25, 0.3) is 0 Å². The Morgan fingerprint density at radius 2 is 1.84 bits per heavy atom. The molecule has 2 aliphatic rings. The van der Waals surface area contributed by atoms with Crippen LogP contribution in [0.4, 0.5) is 23.0 Å². The van der Waals surface area contributed by atoms with E-state index in [0.717, 1.165) is 18.8 Å². The molecule has 3 aromatic rings. The number of carbonyl (C=O) groups is 1. The molecule has 3 aromatic heterocycles. The predicted molar refractivity (Wildman–Crippen MR) is 144 cm³/mol. The van der Waals surface area contributed by atoms with Crippen LogP contribution >= 0.6 is 0 Å². The molecule has 12 heteroatoms. The van der Waals surface area contributed by atoms with E-state index in [1.54, 1.807) is 24.4 Å². The van der Waals surface area contributed by atoms with E-state index >= 15 is 0 Å². The van der Waals surface area contributed by atoms with Crippen LogP contribution in [0.3, 0.4) is 0 Å². The van der Waals surface area contributed by atoms with Gasteiger partial charge in [-0.05, 0) is 44.5 Å². The van der Waals surface area contributed by atoms with Crippen molar-refractivity contribution in [2.75, 3.05) is 41.0 Å². The molecule has 0 radical (unpaired) electrons. The van der Waals surface area contributed by atoms with Crippen LogP contribution in [0.5, 0.6) is 5.75 Å². The molecule has 5 heterocycles. The minimum absolute atomic E-state index is 0.0272. The van der Waals surface area contributed by atoms with Gasteiger partial charge in [0.05, 0.1) is 47.8 Å². The maximum absolute atomic E-state index is 12.7. The summed E-state index contributed by atoms with van der Waals surface area (Å²) in [5.74, 6) is 0.597. The Labute approximate surface area is 221 Å². The number of ether oxygens (including phenoxy) is 2. The molecule has 2 aliphatic heterocycles. The number of anilines is 4. The first-order valence-corrected chi connectivity index (χ1v) is 14.1. The summed E-state index contributed by atoms with van der Waals surface area (Å²) in [5, 5.41) is 5.78. The monoisotopic (exact) mass is 538 g/mol. The van der Waals surface area contributed by atoms with Crippen LogP contribution in [0.15, 0.2) is 47.8 Å². The lowest BCUT2D eigenvalue weighted by Crippen LogP contribution is -2.45. The lowest BCUT2D eigenvalue weighted by molar-refractivity contribution is -0.114. The average molecular weight is 539 g/mol. The molecule has 2 unspecified atom stereocenters. The summed E-state index contributed by atoms with van der Waals surface area (Å²) in [4.78, 5) is 27.3. The molecule has 0 bridgehead atoms. The van der Waals surface area contributed by atoms with Gasteiger partial charge >= 0.3 is 0 Å². The summed E-state index contributed by atoms with van der Waals surface area (Å²) in [6.45, 7) is 7.38. The Kier molecular flexibility index (Phi) is 7.17. The third-order valence-corrected chi connectivity index (χ3v) is 7.92. The van der Waals surface area contributed by atoms with E-state index in [1.165, 1.54) is 6.92 Å². The van der Waals surface area contributed by atoms with Crippen molar-refractivity contribution in [3.63, 3.8) is 0 Å². The van der Waals surface area contributed by atoms with Crippen LogP contribution in [0.1, 0.15) is 27.2 Å². The van der Waals surface area contributed by atoms with E-state index in [4.69, 9.17) is 9.47 Å². The van der Waals surface area contributed by atoms with Crippen molar-refractivity contribution < 1.29 is 22.7 Å². The summed E-state index contributed by atoms with van der Waals surface area (Å²) in [6.07, 6.45) is 4.08. The Morgan fingerprint density at radius 3 is 2.55 bits per heavy atom. The van der Waals surface area contributed by atoms with E-state index in [0.29, 0.717) is 41.6 Å². The number of nitrogens with one attached hydrogen (secondary N) is 2. The van der Waals surface area contributed by atoms with Crippen LogP contribution in [-0.4, -0.2) is 66.9 Å². The van der Waals surface area contributed by atoms with Gasteiger partial charge in [0.2, 0.25) is 5.91 Å². The fraction of sp³-hybridized carbons (Fsp3) is 0.385. The maximum atomic E-state index is 12.7. The van der Waals surface area contributed by atoms with E-state index < -0.39 is 9.84 Å². The Morgan fingerprint density at radius 1 is 1.05 bits per heavy atom. The number of morpholine rings is 1. The molecule has 1 fully saturated rings. The molecule has 5 rings (SSSR count). The van der Waals surface area contributed by atoms with Gasteiger partial charge in [0, 0.05) is 37.8 Å². The molecule has 1 amide bonds. The number of nitrogens with zero attached hydrogens (tertiary/aromatic N) is 4. The van der Waals surface area contributed by atoms with Gasteiger partial charge in [-0.1, -0.05) is 0 Å². The number of pyridine rings is 3. The highest BCUT2D eigenvalue weighted by atomic mass is 32.2. The predicted octanol–water partition coefficient (Wildman–Crippen LogP) is 3.41. The highest BCUT2D eigenvalue weighted by Gasteiger charge is 2.26. The summed E-state index contributed by atoms with van der Waals surface area (Å²) in [5.41, 5.74) is 2.85. The first-order chi connectivity index (χ1) is 18.2. The minimum atomic E-state index is -3.57. The molecular weight excluding hydrogens is 508 g/mol. The minimum Gasteiger partial charge on any atom is -0.491 e. The van der Waals surface area contributed by atoms with E-state index in [9.17, 15) is 13.2 Å². The highest BCUT2D eigenvalue weighted by Crippen LogP contribution is 2.33. The number of rotatable bonds is 5. The first-order valence-electron chi connectivity index (χ1n) is 12.5. The second-order valence-electron chi connectivity index (χ2n) is 9.51. The molecule has 0 spiro atoms. The average Bonchev–Trinajstić information content (AvgIpc) is 3.01. The lowest BCUT2D eigenvalue weighted by atomic mass is 10.1. The van der Waals surface area contributed by atoms with E-state index in [1.807, 2.05) is 18.3 Å². The van der Waals surface area contributed by atoms with Crippen molar-refractivity contribution in [1.82, 2.24) is 15.0 Å². The molecule has 0 aromatic carbocycles. The fourth-order valence-corrected chi connectivity index (χ4v) is 5.99. The summed E-state index contributed by atoms with van der Waals surface area (Å²) in [7, 11) is -3.57. The van der Waals surface area contributed by atoms with Gasteiger partial charge in [0.15, 0.2) is 20.6 Å². The molecule has 200 valence electrons. The zero-order valence-electron chi connectivity index (χ0n) is 21.5. The van der Waals surface area contributed by atoms with Gasteiger partial charge in [0.1, 0.15) is 11.6 Å². The second kappa shape index (κ2) is 10.5. The lowest BCUT2D eigenvalue weighted by Gasteiger charge is -2.36. The van der Waals surface area contributed by atoms with Crippen molar-refractivity contribution in [3.8, 4) is 17.0 Å². The second-order valence-corrected chi connectivity index (χ2v) is 11.5. The molecule has 0 aliphatic carbocycles. The number of sulfone groups is 1. The third kappa shape index (κ3) is 5.70. The van der Waals surface area contributed by atoms with Crippen LogP contribution in [-0.2, 0) is 19.4 Å². The Balaban J connectivity index is 1.48. The molecule has 0 saturated carbocycles. The summed E-state index contributed by atoms with van der Waals surface area (Å²) >= 11 is 0. The Bertz CT molecular complexity index is 1440. The van der Waals surface area contributed by atoms with Gasteiger partial charge in [-0.15, -0.1) is 0 Å². The number of aromatic nitrogens is 3. The van der Waals surface area contributed by atoms with Crippen LogP contribution in [0.25, 0.3) is 11.3 Å². The molecule has 1 saturated heterocycles. The van der Waals surface area contributed by atoms with E-state index in [2.05, 4.69) is 44.3 Å². The van der Waals surface area contributed by atoms with Crippen molar-refractivity contribution in [2.45, 2.75) is 44.4 Å². The van der Waals surface area contributed by atoms with E-state index in [-0.39, 0.29) is 34.6 Å². The largest absolute Gasteiger partial charge is 0.491 e. The highest BCUT2D eigenvalue weighted by molar-refractivity contribution is 7.91. The fourth-order valence-electron chi connectivity index (χ4n) is 4.63. The van der Waals surface area contributed by atoms with Crippen molar-refractivity contribution in [3.05, 3.63) is 42.7 Å². The zero-order chi connectivity index (χ0) is 26.9. The maximum Gasteiger partial charge on any atom is 0.222 e. The van der Waals surface area contributed by atoms with Crippen LogP contribution < -0.4 is 20.3 Å². The van der Waals surface area contributed by atoms with Crippen LogP contribution in [0, 0.1) is 0 Å². The molecule has 38 heavy (non-hydrogen) atoms. The smallest absolute Gasteiger partial charge is 0.222 e. The van der Waals surface area contributed by atoms with Crippen molar-refractivity contribution >= 4 is 38.8 Å². The number of hydrogen-bond acceptors (Lipinski definition) is 10. The van der Waals surface area contributed by atoms with Gasteiger partial charge in [-0.3, -0.25) is 9.78 Å². The van der Waals surface area contributed by atoms with Crippen molar-refractivity contribution in [1.29, 1.82) is 0 Å². The number of carbonyl (C=O) groups excluding carboxylic acids is 1. The number of amides is 1. The standard InChI is InChI=1S/C26H30N6O5S/c1-16-14-32(15-17(2)37-16)19-5-6-21(27-12-19)20-13-28-25(29-18(3)33)11-22(20)30-24-8-7-23-26(31-24)38(34,35)10-4-9-36-23/h5-8,11-13,16-17H,4,9-10,14-15H2,1-3H3,(H2,28,29,30,31,33). The first kappa shape index (κ1) is 25.9. The molecule has 11 nitrogen and oxygen atoms in total.